The van der Waals surface area contributed by atoms with E-state index in [-0.39, 0.29) is 0 Å². The Kier molecular flexibility index (Phi) is 64.3. The van der Waals surface area contributed by atoms with Crippen molar-refractivity contribution >= 4 is 5.97 Å². The highest BCUT2D eigenvalue weighted by atomic mass is 16.6. The van der Waals surface area contributed by atoms with Crippen molar-refractivity contribution in [2.24, 2.45) is 17.8 Å². The monoisotopic (exact) mass is 1180 g/mol. The Balaban J connectivity index is 1.76. The molecular formula is C80H156O4. The molecule has 1 heterocycles. The van der Waals surface area contributed by atoms with E-state index in [9.17, 15) is 15.0 Å². The number of hydrogen-bond donors (Lipinski definition) is 2. The van der Waals surface area contributed by atoms with E-state index in [2.05, 4.69) is 39.8 Å². The zero-order valence-corrected chi connectivity index (χ0v) is 58.2. The van der Waals surface area contributed by atoms with Gasteiger partial charge in [-0.3, -0.25) is 4.79 Å². The summed E-state index contributed by atoms with van der Waals surface area (Å²) in [5.74, 6) is 0.125. The molecule has 84 heavy (non-hydrogen) atoms. The summed E-state index contributed by atoms with van der Waals surface area (Å²) in [5, 5.41) is 20.5. The van der Waals surface area contributed by atoms with Gasteiger partial charge in [-0.25, -0.2) is 0 Å². The topological polar surface area (TPSA) is 70.1 Å². The van der Waals surface area contributed by atoms with Crippen LogP contribution in [0.25, 0.3) is 0 Å². The van der Waals surface area contributed by atoms with Gasteiger partial charge < -0.3 is 14.9 Å². The van der Waals surface area contributed by atoms with E-state index in [1.165, 1.54) is 392 Å². The lowest BCUT2D eigenvalue weighted by molar-refractivity contribution is -0.146. The first-order valence-electron chi connectivity index (χ1n) is 39.6. The van der Waals surface area contributed by atoms with Crippen LogP contribution in [-0.2, 0) is 9.53 Å². The minimum absolute atomic E-state index is 0.581. The van der Waals surface area contributed by atoms with E-state index in [0.717, 1.165) is 37.5 Å². The number of epoxide rings is 1. The maximum absolute atomic E-state index is 11.9. The fraction of sp³-hybridized carbons (Fsp3) is 0.963. The van der Waals surface area contributed by atoms with E-state index in [1.807, 2.05) is 0 Å². The van der Waals surface area contributed by atoms with E-state index in [1.54, 1.807) is 0 Å². The fourth-order valence-corrected chi connectivity index (χ4v) is 13.9. The van der Waals surface area contributed by atoms with Crippen LogP contribution in [-0.4, -0.2) is 34.5 Å². The normalized spacial score (nSPS) is 15.8. The third-order valence-electron chi connectivity index (χ3n) is 20.1. The van der Waals surface area contributed by atoms with Crippen LogP contribution < -0.4 is 0 Å². The van der Waals surface area contributed by atoms with Crippen LogP contribution in [0.5, 0.6) is 0 Å². The fourth-order valence-electron chi connectivity index (χ4n) is 13.9. The number of rotatable bonds is 73. The number of aliphatic carboxylic acids is 1. The SMILES string of the molecule is CCCCCCCCCCCCCCCCCCCCCC[C@@H](C(=O)O)[C@H](O)CCCCCCCCCCCCCCCCCCC[C@H](C)/C=C/CCCCCCCCCCCC[C@@H]1O[C@@H]1[C@H](C)CCCCCCCCCCCCCCCC. The highest BCUT2D eigenvalue weighted by Gasteiger charge is 2.41. The van der Waals surface area contributed by atoms with Crippen molar-refractivity contribution in [1.29, 1.82) is 0 Å². The Bertz CT molecular complexity index is 1300. The van der Waals surface area contributed by atoms with Gasteiger partial charge in [-0.05, 0) is 56.8 Å². The summed E-state index contributed by atoms with van der Waals surface area (Å²) >= 11 is 0. The van der Waals surface area contributed by atoms with Crippen molar-refractivity contribution in [1.82, 2.24) is 0 Å². The highest BCUT2D eigenvalue weighted by Crippen LogP contribution is 2.36. The average Bonchev–Trinajstić information content (AvgIpc) is 4.49. The van der Waals surface area contributed by atoms with Gasteiger partial charge in [0.2, 0.25) is 0 Å². The third-order valence-corrected chi connectivity index (χ3v) is 20.1. The van der Waals surface area contributed by atoms with Crippen LogP contribution in [0.4, 0.5) is 0 Å². The minimum atomic E-state index is -0.801. The molecule has 0 aliphatic carbocycles. The van der Waals surface area contributed by atoms with Crippen molar-refractivity contribution < 1.29 is 19.7 Å². The van der Waals surface area contributed by atoms with E-state index in [4.69, 9.17) is 4.74 Å². The Hall–Kier alpha value is -0.870. The lowest BCUT2D eigenvalue weighted by atomic mass is 9.91. The second-order valence-electron chi connectivity index (χ2n) is 28.6. The van der Waals surface area contributed by atoms with E-state index >= 15 is 0 Å². The highest BCUT2D eigenvalue weighted by molar-refractivity contribution is 5.70. The summed E-state index contributed by atoms with van der Waals surface area (Å²) in [6.07, 6.45) is 96.4. The van der Waals surface area contributed by atoms with Gasteiger partial charge in [0.1, 0.15) is 0 Å². The van der Waals surface area contributed by atoms with Crippen LogP contribution in [0.15, 0.2) is 12.2 Å². The summed E-state index contributed by atoms with van der Waals surface area (Å²) in [6.45, 7) is 9.48. The Morgan fingerprint density at radius 2 is 0.607 bits per heavy atom. The second-order valence-corrected chi connectivity index (χ2v) is 28.6. The molecule has 0 amide bonds. The van der Waals surface area contributed by atoms with Gasteiger partial charge in [-0.2, -0.15) is 0 Å². The van der Waals surface area contributed by atoms with Crippen molar-refractivity contribution in [3.05, 3.63) is 12.2 Å². The maximum atomic E-state index is 11.9. The van der Waals surface area contributed by atoms with Gasteiger partial charge in [0, 0.05) is 0 Å². The number of carboxylic acid groups (broad SMARTS) is 1. The average molecular weight is 1180 g/mol. The predicted molar refractivity (Wildman–Crippen MR) is 374 cm³/mol. The Morgan fingerprint density at radius 3 is 0.929 bits per heavy atom. The Labute approximate surface area is 529 Å². The first kappa shape index (κ1) is 81.1. The molecule has 4 nitrogen and oxygen atoms in total. The quantitative estimate of drug-likeness (QED) is 0.0362. The van der Waals surface area contributed by atoms with E-state index < -0.39 is 18.0 Å². The Morgan fingerprint density at radius 1 is 0.345 bits per heavy atom. The van der Waals surface area contributed by atoms with Gasteiger partial charge >= 0.3 is 5.97 Å². The van der Waals surface area contributed by atoms with Crippen LogP contribution in [0.3, 0.4) is 0 Å². The van der Waals surface area contributed by atoms with Gasteiger partial charge in [-0.15, -0.1) is 0 Å². The van der Waals surface area contributed by atoms with Gasteiger partial charge in [0.15, 0.2) is 0 Å². The molecule has 0 radical (unpaired) electrons. The molecule has 0 aromatic carbocycles. The molecule has 0 bridgehead atoms. The number of hydrogen-bond acceptors (Lipinski definition) is 3. The maximum Gasteiger partial charge on any atom is 0.309 e. The molecule has 1 saturated heterocycles. The molecule has 0 aromatic rings. The molecule has 0 aromatic heterocycles. The van der Waals surface area contributed by atoms with E-state index in [0.29, 0.717) is 25.0 Å². The van der Waals surface area contributed by atoms with Gasteiger partial charge in [-0.1, -0.05) is 425 Å². The first-order valence-corrected chi connectivity index (χ1v) is 39.6. The lowest BCUT2D eigenvalue weighted by Gasteiger charge is -2.19. The van der Waals surface area contributed by atoms with Crippen molar-refractivity contribution in [3.63, 3.8) is 0 Å². The number of aliphatic hydroxyl groups is 1. The second kappa shape index (κ2) is 66.5. The third kappa shape index (κ3) is 58.8. The number of ether oxygens (including phenoxy) is 1. The van der Waals surface area contributed by atoms with Crippen LogP contribution in [0.1, 0.15) is 458 Å². The van der Waals surface area contributed by atoms with Crippen LogP contribution >= 0.6 is 0 Å². The summed E-state index contributed by atoms with van der Waals surface area (Å²) in [7, 11) is 0. The molecule has 6 atom stereocenters. The number of aliphatic hydroxyl groups excluding tert-OH is 1. The smallest absolute Gasteiger partial charge is 0.309 e. The zero-order valence-electron chi connectivity index (χ0n) is 58.2. The molecule has 0 saturated carbocycles. The zero-order chi connectivity index (χ0) is 60.5. The molecule has 1 aliphatic heterocycles. The molecule has 0 unspecified atom stereocenters. The lowest BCUT2D eigenvalue weighted by Crippen LogP contribution is -2.28. The summed E-state index contributed by atoms with van der Waals surface area (Å²) in [5.41, 5.74) is 0. The molecule has 500 valence electrons. The first-order chi connectivity index (χ1) is 41.4. The van der Waals surface area contributed by atoms with Gasteiger partial charge in [0.25, 0.3) is 0 Å². The van der Waals surface area contributed by atoms with Crippen LogP contribution in [0.2, 0.25) is 0 Å². The van der Waals surface area contributed by atoms with Gasteiger partial charge in [0.05, 0.1) is 24.2 Å². The van der Waals surface area contributed by atoms with Crippen LogP contribution in [0, 0.1) is 17.8 Å². The molecule has 1 aliphatic rings. The molecule has 0 spiro atoms. The van der Waals surface area contributed by atoms with Crippen molar-refractivity contribution in [3.8, 4) is 0 Å². The predicted octanol–water partition coefficient (Wildman–Crippen LogP) is 27.8. The summed E-state index contributed by atoms with van der Waals surface area (Å²) in [4.78, 5) is 11.9. The number of unbranched alkanes of at least 4 members (excludes halogenated alkanes) is 58. The standard InChI is InChI=1S/C80H156O4/c1-5-7-9-11-13-15-17-19-21-22-23-24-27-30-34-41-47-53-59-65-71-76(80(82)83)77(81)72-66-60-54-48-42-35-31-28-25-26-29-32-38-44-50-56-62-68-74(3)69-63-57-51-45-39-36-37-43-49-55-61-67-73-78-79(84-78)75(4)70-64-58-52-46-40-33-20-18-16-14-12-10-8-6-2/h63,69,74-79,81H,5-62,64-68,70-73H2,1-4H3,(H,82,83)/b69-63+/t74-,75+,76+,77+,78-,79+/m0/s1. The molecule has 4 heteroatoms. The summed E-state index contributed by atoms with van der Waals surface area (Å²) < 4.78 is 6.14. The number of carboxylic acids is 1. The summed E-state index contributed by atoms with van der Waals surface area (Å²) in [6, 6.07) is 0. The molecular weight excluding hydrogens is 1020 g/mol. The molecule has 1 rings (SSSR count). The largest absolute Gasteiger partial charge is 0.481 e. The number of allylic oxidation sites excluding steroid dienone is 2. The molecule has 1 fully saturated rings. The van der Waals surface area contributed by atoms with Crippen molar-refractivity contribution in [2.45, 2.75) is 476 Å². The number of carbonyl (C=O) groups is 1. The van der Waals surface area contributed by atoms with Crippen molar-refractivity contribution in [2.75, 3.05) is 0 Å². The minimum Gasteiger partial charge on any atom is -0.481 e. The molecule has 2 N–H and O–H groups in total.